The van der Waals surface area contributed by atoms with Crippen molar-refractivity contribution in [2.24, 2.45) is 0 Å². The van der Waals surface area contributed by atoms with E-state index < -0.39 is 0 Å². The standard InChI is InChI=1S/C16H23N3O3S/c1-4-18(5-2)13(14-7-6-8-22-14)9-17-15(20)10-19-12(3)11-23-16(19)21/h6-8,11,13H,4-5,9-10H2,1-3H3,(H,17,20). The van der Waals surface area contributed by atoms with Crippen LogP contribution in [-0.2, 0) is 11.3 Å². The van der Waals surface area contributed by atoms with E-state index in [0.29, 0.717) is 6.54 Å². The van der Waals surface area contributed by atoms with Gasteiger partial charge in [0, 0.05) is 17.6 Å². The Labute approximate surface area is 139 Å². The quantitative estimate of drug-likeness (QED) is 0.800. The topological polar surface area (TPSA) is 67.5 Å². The Morgan fingerprint density at radius 3 is 2.70 bits per heavy atom. The molecule has 6 nitrogen and oxygen atoms in total. The van der Waals surface area contributed by atoms with E-state index in [1.54, 1.807) is 11.6 Å². The Bertz CT molecular complexity index is 671. The summed E-state index contributed by atoms with van der Waals surface area (Å²) in [5, 5.41) is 4.68. The molecule has 2 rings (SSSR count). The van der Waals surface area contributed by atoms with Crippen molar-refractivity contribution in [1.29, 1.82) is 0 Å². The molecule has 126 valence electrons. The average molecular weight is 337 g/mol. The molecule has 2 aromatic heterocycles. The number of nitrogens with one attached hydrogen (secondary N) is 1. The maximum absolute atomic E-state index is 12.2. The van der Waals surface area contributed by atoms with E-state index in [9.17, 15) is 9.59 Å². The lowest BCUT2D eigenvalue weighted by atomic mass is 10.2. The Balaban J connectivity index is 2.01. The fraction of sp³-hybridized carbons (Fsp3) is 0.500. The van der Waals surface area contributed by atoms with Crippen LogP contribution in [0.1, 0.15) is 31.3 Å². The highest BCUT2D eigenvalue weighted by Crippen LogP contribution is 2.20. The molecule has 0 radical (unpaired) electrons. The maximum Gasteiger partial charge on any atom is 0.307 e. The third-order valence-electron chi connectivity index (χ3n) is 3.90. The second-order valence-electron chi connectivity index (χ2n) is 5.29. The van der Waals surface area contributed by atoms with Crippen LogP contribution in [0.25, 0.3) is 0 Å². The summed E-state index contributed by atoms with van der Waals surface area (Å²) in [6, 6.07) is 3.76. The zero-order valence-corrected chi connectivity index (χ0v) is 14.6. The van der Waals surface area contributed by atoms with Gasteiger partial charge in [0.25, 0.3) is 0 Å². The molecule has 0 saturated heterocycles. The number of amides is 1. The summed E-state index contributed by atoms with van der Waals surface area (Å²) in [4.78, 5) is 26.0. The van der Waals surface area contributed by atoms with E-state index in [1.807, 2.05) is 19.1 Å². The van der Waals surface area contributed by atoms with Gasteiger partial charge in [-0.15, -0.1) is 0 Å². The monoisotopic (exact) mass is 337 g/mol. The smallest absolute Gasteiger partial charge is 0.307 e. The van der Waals surface area contributed by atoms with Crippen LogP contribution < -0.4 is 10.2 Å². The number of rotatable bonds is 8. The molecule has 1 amide bonds. The first kappa shape index (κ1) is 17.5. The molecule has 2 aromatic rings. The van der Waals surface area contributed by atoms with Gasteiger partial charge in [-0.25, -0.2) is 0 Å². The van der Waals surface area contributed by atoms with E-state index in [2.05, 4.69) is 24.1 Å². The number of aryl methyl sites for hydroxylation is 1. The molecule has 0 aliphatic heterocycles. The Hall–Kier alpha value is -1.86. The highest BCUT2D eigenvalue weighted by Gasteiger charge is 2.21. The third-order valence-corrected chi connectivity index (χ3v) is 4.78. The van der Waals surface area contributed by atoms with Crippen molar-refractivity contribution in [2.75, 3.05) is 19.6 Å². The van der Waals surface area contributed by atoms with Crippen LogP contribution in [0.4, 0.5) is 0 Å². The molecule has 0 aliphatic rings. The summed E-state index contributed by atoms with van der Waals surface area (Å²) in [6.45, 7) is 8.21. The van der Waals surface area contributed by atoms with E-state index in [0.717, 1.165) is 35.9 Å². The number of aromatic nitrogens is 1. The zero-order valence-electron chi connectivity index (χ0n) is 13.7. The Kier molecular flexibility index (Phi) is 6.18. The minimum absolute atomic E-state index is 0.00996. The molecule has 0 spiro atoms. The summed E-state index contributed by atoms with van der Waals surface area (Å²) in [6.07, 6.45) is 1.64. The van der Waals surface area contributed by atoms with Crippen molar-refractivity contribution in [1.82, 2.24) is 14.8 Å². The van der Waals surface area contributed by atoms with Crippen LogP contribution >= 0.6 is 11.3 Å². The number of carbonyl (C=O) groups is 1. The van der Waals surface area contributed by atoms with Gasteiger partial charge >= 0.3 is 4.87 Å². The van der Waals surface area contributed by atoms with Crippen molar-refractivity contribution in [3.05, 3.63) is 44.9 Å². The maximum atomic E-state index is 12.2. The van der Waals surface area contributed by atoms with Crippen molar-refractivity contribution in [3.8, 4) is 0 Å². The van der Waals surface area contributed by atoms with E-state index >= 15 is 0 Å². The van der Waals surface area contributed by atoms with E-state index in [-0.39, 0.29) is 23.4 Å². The van der Waals surface area contributed by atoms with Gasteiger partial charge in [-0.3, -0.25) is 19.1 Å². The van der Waals surface area contributed by atoms with Gasteiger partial charge < -0.3 is 9.73 Å². The van der Waals surface area contributed by atoms with Gasteiger partial charge in [-0.1, -0.05) is 25.2 Å². The Morgan fingerprint density at radius 1 is 1.43 bits per heavy atom. The van der Waals surface area contributed by atoms with Gasteiger partial charge in [-0.05, 0) is 32.1 Å². The number of thiazole rings is 1. The van der Waals surface area contributed by atoms with Crippen molar-refractivity contribution < 1.29 is 9.21 Å². The molecule has 0 aromatic carbocycles. The molecule has 23 heavy (non-hydrogen) atoms. The second kappa shape index (κ2) is 8.12. The van der Waals surface area contributed by atoms with E-state index in [1.165, 1.54) is 4.57 Å². The highest BCUT2D eigenvalue weighted by atomic mass is 32.1. The van der Waals surface area contributed by atoms with Gasteiger partial charge in [0.15, 0.2) is 0 Å². The largest absolute Gasteiger partial charge is 0.468 e. The second-order valence-corrected chi connectivity index (χ2v) is 6.11. The first-order valence-electron chi connectivity index (χ1n) is 7.75. The molecular weight excluding hydrogens is 314 g/mol. The minimum Gasteiger partial charge on any atom is -0.468 e. The fourth-order valence-corrected chi connectivity index (χ4v) is 3.30. The van der Waals surface area contributed by atoms with Crippen LogP contribution in [0.5, 0.6) is 0 Å². The lowest BCUT2D eigenvalue weighted by molar-refractivity contribution is -0.122. The number of likely N-dealkylation sites (N-methyl/N-ethyl adjacent to an activating group) is 1. The normalized spacial score (nSPS) is 12.5. The van der Waals surface area contributed by atoms with Gasteiger partial charge in [0.2, 0.25) is 5.91 Å². The predicted molar refractivity (Wildman–Crippen MR) is 90.7 cm³/mol. The first-order valence-corrected chi connectivity index (χ1v) is 8.63. The zero-order chi connectivity index (χ0) is 16.8. The summed E-state index contributed by atoms with van der Waals surface area (Å²) in [5.74, 6) is 0.662. The van der Waals surface area contributed by atoms with Crippen LogP contribution in [0.3, 0.4) is 0 Å². The average Bonchev–Trinajstić information content (AvgIpc) is 3.17. The van der Waals surface area contributed by atoms with Crippen molar-refractivity contribution in [2.45, 2.75) is 33.4 Å². The summed E-state index contributed by atoms with van der Waals surface area (Å²) < 4.78 is 7.00. The molecule has 0 aliphatic carbocycles. The molecule has 1 unspecified atom stereocenters. The van der Waals surface area contributed by atoms with Crippen molar-refractivity contribution in [3.63, 3.8) is 0 Å². The SMILES string of the molecule is CCN(CC)C(CNC(=O)Cn1c(C)csc1=O)c1ccco1. The highest BCUT2D eigenvalue weighted by molar-refractivity contribution is 7.07. The number of hydrogen-bond acceptors (Lipinski definition) is 5. The molecule has 1 N–H and O–H groups in total. The molecule has 1 atom stereocenters. The van der Waals surface area contributed by atoms with E-state index in [4.69, 9.17) is 4.42 Å². The van der Waals surface area contributed by atoms with Crippen LogP contribution in [0, 0.1) is 6.92 Å². The molecule has 2 heterocycles. The first-order chi connectivity index (χ1) is 11.1. The summed E-state index contributed by atoms with van der Waals surface area (Å²) in [5.41, 5.74) is 0.807. The van der Waals surface area contributed by atoms with Gasteiger partial charge in [0.05, 0.1) is 12.3 Å². The van der Waals surface area contributed by atoms with Crippen LogP contribution in [0.2, 0.25) is 0 Å². The third kappa shape index (κ3) is 4.33. The van der Waals surface area contributed by atoms with Crippen LogP contribution in [0.15, 0.2) is 33.0 Å². The number of hydrogen-bond donors (Lipinski definition) is 1. The molecular formula is C16H23N3O3S. The molecule has 0 bridgehead atoms. The molecule has 0 saturated carbocycles. The minimum atomic E-state index is -0.169. The summed E-state index contributed by atoms with van der Waals surface area (Å²) in [7, 11) is 0. The summed E-state index contributed by atoms with van der Waals surface area (Å²) >= 11 is 1.11. The number of nitrogens with zero attached hydrogens (tertiary/aromatic N) is 2. The number of carbonyl (C=O) groups excluding carboxylic acids is 1. The lowest BCUT2D eigenvalue weighted by Crippen LogP contribution is -2.39. The van der Waals surface area contributed by atoms with Gasteiger partial charge in [0.1, 0.15) is 12.3 Å². The van der Waals surface area contributed by atoms with Crippen molar-refractivity contribution >= 4 is 17.2 Å². The Morgan fingerprint density at radius 2 is 2.17 bits per heavy atom. The number of furan rings is 1. The fourth-order valence-electron chi connectivity index (χ4n) is 2.56. The van der Waals surface area contributed by atoms with Crippen LogP contribution in [-0.4, -0.2) is 35.0 Å². The van der Waals surface area contributed by atoms with Gasteiger partial charge in [-0.2, -0.15) is 0 Å². The molecule has 7 heteroatoms. The predicted octanol–water partition coefficient (Wildman–Crippen LogP) is 2.01. The lowest BCUT2D eigenvalue weighted by Gasteiger charge is -2.28. The molecule has 0 fully saturated rings.